The molecule has 3 heterocycles. The van der Waals surface area contributed by atoms with Crippen molar-refractivity contribution in [2.75, 3.05) is 56.2 Å². The summed E-state index contributed by atoms with van der Waals surface area (Å²) in [7, 11) is 1.74. The van der Waals surface area contributed by atoms with E-state index in [4.69, 9.17) is 18.8 Å². The molecule has 2 aromatic rings. The third-order valence-electron chi connectivity index (χ3n) is 5.20. The minimum absolute atomic E-state index is 0.124. The molecule has 13 heteroatoms. The Balaban J connectivity index is 0.000000623. The topological polar surface area (TPSA) is 87.5 Å². The number of aldehydes is 1. The van der Waals surface area contributed by atoms with E-state index in [-0.39, 0.29) is 30.6 Å². The summed E-state index contributed by atoms with van der Waals surface area (Å²) in [5.41, 5.74) is 0.0180. The molecule has 192 valence electrons. The van der Waals surface area contributed by atoms with Crippen molar-refractivity contribution in [3.63, 3.8) is 0 Å². The number of likely N-dealkylation sites (N-methyl/N-ethyl adjacent to an activating group) is 1. The van der Waals surface area contributed by atoms with Gasteiger partial charge in [-0.25, -0.2) is 22.4 Å². The van der Waals surface area contributed by atoms with E-state index >= 15 is 0 Å². The second-order valence-electron chi connectivity index (χ2n) is 7.67. The van der Waals surface area contributed by atoms with Crippen molar-refractivity contribution < 1.29 is 41.1 Å². The first-order chi connectivity index (χ1) is 16.8. The molecule has 4 rings (SSSR count). The summed E-state index contributed by atoms with van der Waals surface area (Å²) in [6.07, 6.45) is -2.60. The van der Waals surface area contributed by atoms with Crippen molar-refractivity contribution in [3.8, 4) is 0 Å². The van der Waals surface area contributed by atoms with Crippen molar-refractivity contribution in [2.24, 2.45) is 0 Å². The molecular formula is C22H26F4N4O5. The van der Waals surface area contributed by atoms with Crippen molar-refractivity contribution in [3.05, 3.63) is 47.9 Å². The number of carbonyl (C=O) groups is 2. The lowest BCUT2D eigenvalue weighted by Gasteiger charge is -2.24. The zero-order valence-electron chi connectivity index (χ0n) is 19.0. The molecule has 1 aromatic heterocycles. The highest BCUT2D eigenvalue weighted by molar-refractivity contribution is 5.90. The van der Waals surface area contributed by atoms with Crippen molar-refractivity contribution in [1.82, 2.24) is 10.4 Å². The van der Waals surface area contributed by atoms with E-state index < -0.39 is 30.4 Å². The smallest absolute Gasteiger partial charge is 0.414 e. The predicted molar refractivity (Wildman–Crippen MR) is 117 cm³/mol. The number of rotatable bonds is 7. The first kappa shape index (κ1) is 26.4. The first-order valence-corrected chi connectivity index (χ1v) is 10.8. The Morgan fingerprint density at radius 2 is 1.91 bits per heavy atom. The Hall–Kier alpha value is -3.16. The monoisotopic (exact) mass is 502 g/mol. The number of cyclic esters (lactones) is 1. The number of amides is 1. The van der Waals surface area contributed by atoms with Crippen molar-refractivity contribution in [1.29, 1.82) is 0 Å². The maximum atomic E-state index is 14.9. The van der Waals surface area contributed by atoms with E-state index in [1.807, 2.05) is 6.07 Å². The van der Waals surface area contributed by atoms with E-state index in [1.165, 1.54) is 17.0 Å². The van der Waals surface area contributed by atoms with Gasteiger partial charge in [0.2, 0.25) is 0 Å². The molecule has 9 nitrogen and oxygen atoms in total. The number of hydrogen-bond acceptors (Lipinski definition) is 8. The molecule has 0 bridgehead atoms. The highest BCUT2D eigenvalue weighted by Crippen LogP contribution is 2.31. The molecule has 2 fully saturated rings. The lowest BCUT2D eigenvalue weighted by molar-refractivity contribution is -0.157. The average molecular weight is 502 g/mol. The summed E-state index contributed by atoms with van der Waals surface area (Å²) in [6, 6.07) is 5.99. The molecule has 0 unspecified atom stereocenters. The van der Waals surface area contributed by atoms with Gasteiger partial charge in [0.05, 0.1) is 31.6 Å². The molecular weight excluding hydrogens is 476 g/mol. The molecule has 1 N–H and O–H groups in total. The lowest BCUT2D eigenvalue weighted by atomic mass is 10.2. The molecule has 0 saturated carbocycles. The summed E-state index contributed by atoms with van der Waals surface area (Å²) < 4.78 is 61.1. The molecule has 1 aromatic carbocycles. The van der Waals surface area contributed by atoms with Gasteiger partial charge < -0.3 is 19.4 Å². The van der Waals surface area contributed by atoms with E-state index in [0.29, 0.717) is 32.7 Å². The van der Waals surface area contributed by atoms with Gasteiger partial charge in [0, 0.05) is 38.3 Å². The lowest BCUT2D eigenvalue weighted by Crippen LogP contribution is -2.32. The SMILES string of the molecule is CNC[C@H]1CN(c2cc(F)c(N3CCON(Cc4ccco4)CC3)c(F)c2)C(=O)O1.O=CC(F)F. The van der Waals surface area contributed by atoms with Crippen LogP contribution in [0.25, 0.3) is 0 Å². The van der Waals surface area contributed by atoms with Crippen LogP contribution in [0.4, 0.5) is 33.7 Å². The largest absolute Gasteiger partial charge is 0.468 e. The molecule has 2 aliphatic heterocycles. The van der Waals surface area contributed by atoms with E-state index in [0.717, 1.165) is 5.76 Å². The van der Waals surface area contributed by atoms with Crippen LogP contribution in [0.5, 0.6) is 0 Å². The number of anilines is 2. The fourth-order valence-electron chi connectivity index (χ4n) is 3.69. The Bertz CT molecular complexity index is 956. The molecule has 0 spiro atoms. The first-order valence-electron chi connectivity index (χ1n) is 10.8. The number of hydrogen-bond donors (Lipinski definition) is 1. The number of furan rings is 1. The van der Waals surface area contributed by atoms with Gasteiger partial charge >= 0.3 is 6.09 Å². The van der Waals surface area contributed by atoms with Crippen LogP contribution in [0.15, 0.2) is 34.9 Å². The van der Waals surface area contributed by atoms with Crippen LogP contribution in [0.3, 0.4) is 0 Å². The van der Waals surface area contributed by atoms with Crippen LogP contribution in [0.2, 0.25) is 0 Å². The van der Waals surface area contributed by atoms with Crippen molar-refractivity contribution in [2.45, 2.75) is 19.1 Å². The standard InChI is InChI=1S/C20H24F2N4O4.C2H2F2O/c1-23-11-16-13-26(20(27)30-16)14-9-17(21)19(18(22)10-14)24-4-5-25(29-8-6-24)12-15-3-2-7-28-15;3-2(4)1-5/h2-3,7,9-10,16,23H,4-6,8,11-13H2,1H3;1-2H/t16-;/m0./s1. The average Bonchev–Trinajstić information content (AvgIpc) is 3.39. The Morgan fingerprint density at radius 1 is 1.20 bits per heavy atom. The predicted octanol–water partition coefficient (Wildman–Crippen LogP) is 2.81. The zero-order valence-corrected chi connectivity index (χ0v) is 19.0. The van der Waals surface area contributed by atoms with Crippen molar-refractivity contribution >= 4 is 23.8 Å². The molecule has 0 aliphatic carbocycles. The highest BCUT2D eigenvalue weighted by atomic mass is 19.3. The summed E-state index contributed by atoms with van der Waals surface area (Å²) in [6.45, 7) is 2.60. The summed E-state index contributed by atoms with van der Waals surface area (Å²) >= 11 is 0. The minimum atomic E-state index is -2.80. The van der Waals surface area contributed by atoms with Crippen LogP contribution < -0.4 is 15.1 Å². The number of nitrogens with zero attached hydrogens (tertiary/aromatic N) is 3. The minimum Gasteiger partial charge on any atom is -0.468 e. The molecule has 2 saturated heterocycles. The number of nitrogens with one attached hydrogen (secondary N) is 1. The number of halogens is 4. The van der Waals surface area contributed by atoms with E-state index in [9.17, 15) is 22.4 Å². The molecule has 35 heavy (non-hydrogen) atoms. The summed E-state index contributed by atoms with van der Waals surface area (Å²) in [4.78, 5) is 29.4. The Labute approximate surface area is 199 Å². The summed E-state index contributed by atoms with van der Waals surface area (Å²) in [5, 5.41) is 4.63. The number of hydroxylamine groups is 2. The quantitative estimate of drug-likeness (QED) is 0.457. The summed E-state index contributed by atoms with van der Waals surface area (Å²) in [5.74, 6) is -0.706. The third kappa shape index (κ3) is 7.16. The second-order valence-corrected chi connectivity index (χ2v) is 7.67. The molecule has 1 atom stereocenters. The maximum Gasteiger partial charge on any atom is 0.414 e. The van der Waals surface area contributed by atoms with Crippen LogP contribution in [0, 0.1) is 11.6 Å². The number of alkyl halides is 2. The molecule has 1 amide bonds. The third-order valence-corrected chi connectivity index (χ3v) is 5.20. The van der Waals surface area contributed by atoms with Crippen LogP contribution in [-0.4, -0.2) is 76.4 Å². The maximum absolute atomic E-state index is 14.9. The Kier molecular flexibility index (Phi) is 9.46. The van der Waals surface area contributed by atoms with Crippen LogP contribution >= 0.6 is 0 Å². The second kappa shape index (κ2) is 12.5. The van der Waals surface area contributed by atoms with Gasteiger partial charge in [0.1, 0.15) is 17.6 Å². The van der Waals surface area contributed by atoms with Crippen LogP contribution in [-0.2, 0) is 20.9 Å². The normalized spacial score (nSPS) is 18.8. The number of carbonyl (C=O) groups excluding carboxylic acids is 2. The van der Waals surface area contributed by atoms with E-state index in [2.05, 4.69) is 5.32 Å². The molecule has 0 radical (unpaired) electrons. The van der Waals surface area contributed by atoms with Gasteiger partial charge in [-0.1, -0.05) is 0 Å². The van der Waals surface area contributed by atoms with Crippen LogP contribution in [0.1, 0.15) is 5.76 Å². The van der Waals surface area contributed by atoms with Gasteiger partial charge in [0.25, 0.3) is 6.43 Å². The fourth-order valence-corrected chi connectivity index (χ4v) is 3.69. The Morgan fingerprint density at radius 3 is 2.51 bits per heavy atom. The van der Waals surface area contributed by atoms with Gasteiger partial charge in [-0.15, -0.1) is 0 Å². The van der Waals surface area contributed by atoms with Gasteiger partial charge in [-0.2, -0.15) is 5.06 Å². The number of ether oxygens (including phenoxy) is 1. The van der Waals surface area contributed by atoms with Gasteiger partial charge in [-0.3, -0.25) is 14.5 Å². The fraction of sp³-hybridized carbons (Fsp3) is 0.455. The zero-order chi connectivity index (χ0) is 25.4. The number of benzene rings is 1. The van der Waals surface area contributed by atoms with Gasteiger partial charge in [-0.05, 0) is 19.2 Å². The molecule has 2 aliphatic rings. The van der Waals surface area contributed by atoms with E-state index in [1.54, 1.807) is 29.3 Å². The highest BCUT2D eigenvalue weighted by Gasteiger charge is 2.33. The van der Waals surface area contributed by atoms with Gasteiger partial charge in [0.15, 0.2) is 17.9 Å².